The van der Waals surface area contributed by atoms with Gasteiger partial charge in [-0.15, -0.1) is 0 Å². The minimum Gasteiger partial charge on any atom is -0.495 e. The van der Waals surface area contributed by atoms with E-state index < -0.39 is 0 Å². The summed E-state index contributed by atoms with van der Waals surface area (Å²) in [5.74, 6) is 1.55. The SMILES string of the molecule is COc1cncc(-c2cc(Nc3cccc(F)c3)nc(C3CCCN(C(C)=O)C3)n2)c1. The van der Waals surface area contributed by atoms with Crippen LogP contribution < -0.4 is 10.1 Å². The van der Waals surface area contributed by atoms with E-state index in [2.05, 4.69) is 10.3 Å². The first-order valence-corrected chi connectivity index (χ1v) is 10.2. The number of aromatic nitrogens is 3. The van der Waals surface area contributed by atoms with Crippen LogP contribution in [-0.4, -0.2) is 46.0 Å². The molecule has 1 atom stereocenters. The quantitative estimate of drug-likeness (QED) is 0.667. The number of amides is 1. The normalized spacial score (nSPS) is 16.1. The number of rotatable bonds is 5. The molecule has 0 saturated carbocycles. The van der Waals surface area contributed by atoms with E-state index >= 15 is 0 Å². The van der Waals surface area contributed by atoms with Gasteiger partial charge in [-0.1, -0.05) is 6.07 Å². The molecule has 0 spiro atoms. The van der Waals surface area contributed by atoms with Crippen LogP contribution in [0.3, 0.4) is 0 Å². The van der Waals surface area contributed by atoms with Crippen LogP contribution in [0.1, 0.15) is 31.5 Å². The number of pyridine rings is 1. The molecule has 1 aromatic carbocycles. The van der Waals surface area contributed by atoms with E-state index in [-0.39, 0.29) is 17.6 Å². The summed E-state index contributed by atoms with van der Waals surface area (Å²) in [6.45, 7) is 2.91. The van der Waals surface area contributed by atoms with Crippen molar-refractivity contribution in [3.8, 4) is 17.0 Å². The molecule has 1 saturated heterocycles. The fourth-order valence-electron chi connectivity index (χ4n) is 3.72. The van der Waals surface area contributed by atoms with Crippen molar-refractivity contribution >= 4 is 17.4 Å². The van der Waals surface area contributed by atoms with Gasteiger partial charge in [-0.05, 0) is 37.1 Å². The number of carbonyl (C=O) groups excluding carboxylic acids is 1. The summed E-state index contributed by atoms with van der Waals surface area (Å²) in [6.07, 6.45) is 5.13. The second-order valence-electron chi connectivity index (χ2n) is 7.55. The number of piperidine rings is 1. The number of hydrogen-bond acceptors (Lipinski definition) is 6. The van der Waals surface area contributed by atoms with Crippen LogP contribution in [-0.2, 0) is 4.79 Å². The summed E-state index contributed by atoms with van der Waals surface area (Å²) in [6, 6.07) is 9.87. The lowest BCUT2D eigenvalue weighted by Gasteiger charge is -2.31. The number of halogens is 1. The van der Waals surface area contributed by atoms with E-state index in [9.17, 15) is 9.18 Å². The Morgan fingerprint density at radius 3 is 2.87 bits per heavy atom. The van der Waals surface area contributed by atoms with E-state index in [1.807, 2.05) is 11.0 Å². The highest BCUT2D eigenvalue weighted by Crippen LogP contribution is 2.30. The number of likely N-dealkylation sites (tertiary alicyclic amines) is 1. The molecule has 0 aliphatic carbocycles. The highest BCUT2D eigenvalue weighted by atomic mass is 19.1. The third-order valence-corrected chi connectivity index (χ3v) is 5.32. The molecule has 1 fully saturated rings. The molecule has 31 heavy (non-hydrogen) atoms. The summed E-state index contributed by atoms with van der Waals surface area (Å²) in [7, 11) is 1.58. The van der Waals surface area contributed by atoms with Gasteiger partial charge in [-0.25, -0.2) is 14.4 Å². The van der Waals surface area contributed by atoms with Gasteiger partial charge in [-0.2, -0.15) is 0 Å². The van der Waals surface area contributed by atoms with Crippen LogP contribution in [0.2, 0.25) is 0 Å². The largest absolute Gasteiger partial charge is 0.495 e. The molecule has 1 amide bonds. The van der Waals surface area contributed by atoms with E-state index in [0.29, 0.717) is 35.3 Å². The fraction of sp³-hybridized carbons (Fsp3) is 0.304. The Morgan fingerprint density at radius 2 is 2.10 bits per heavy atom. The van der Waals surface area contributed by atoms with Crippen LogP contribution in [0.25, 0.3) is 11.3 Å². The molecule has 1 aliphatic rings. The van der Waals surface area contributed by atoms with Gasteiger partial charge in [0.25, 0.3) is 0 Å². The lowest BCUT2D eigenvalue weighted by Crippen LogP contribution is -2.38. The molecule has 1 aliphatic heterocycles. The monoisotopic (exact) mass is 421 g/mol. The van der Waals surface area contributed by atoms with Crippen LogP contribution in [0.4, 0.5) is 15.9 Å². The molecule has 3 aromatic rings. The number of methoxy groups -OCH3 is 1. The van der Waals surface area contributed by atoms with Gasteiger partial charge in [-0.3, -0.25) is 9.78 Å². The Balaban J connectivity index is 1.73. The van der Waals surface area contributed by atoms with Gasteiger partial charge in [0, 0.05) is 49.4 Å². The van der Waals surface area contributed by atoms with Crippen molar-refractivity contribution in [1.82, 2.24) is 19.9 Å². The number of nitrogens with zero attached hydrogens (tertiary/aromatic N) is 4. The number of benzene rings is 1. The second kappa shape index (κ2) is 9.07. The van der Waals surface area contributed by atoms with E-state index in [1.54, 1.807) is 44.6 Å². The predicted molar refractivity (Wildman–Crippen MR) is 116 cm³/mol. The first-order valence-electron chi connectivity index (χ1n) is 10.2. The average Bonchev–Trinajstić information content (AvgIpc) is 2.79. The first kappa shape index (κ1) is 20.7. The highest BCUT2D eigenvalue weighted by molar-refractivity contribution is 5.73. The molecule has 8 heteroatoms. The van der Waals surface area contributed by atoms with E-state index in [4.69, 9.17) is 14.7 Å². The zero-order valence-electron chi connectivity index (χ0n) is 17.5. The minimum absolute atomic E-state index is 0.0178. The molecule has 7 nitrogen and oxygen atoms in total. The summed E-state index contributed by atoms with van der Waals surface area (Å²) >= 11 is 0. The van der Waals surface area contributed by atoms with Crippen molar-refractivity contribution < 1.29 is 13.9 Å². The summed E-state index contributed by atoms with van der Waals surface area (Å²) in [4.78, 5) is 27.5. The van der Waals surface area contributed by atoms with Crippen molar-refractivity contribution in [3.63, 3.8) is 0 Å². The molecular weight excluding hydrogens is 397 g/mol. The van der Waals surface area contributed by atoms with Crippen LogP contribution in [0.5, 0.6) is 5.75 Å². The molecular formula is C23H24FN5O2. The summed E-state index contributed by atoms with van der Waals surface area (Å²) in [5.41, 5.74) is 2.05. The molecule has 2 aromatic heterocycles. The van der Waals surface area contributed by atoms with Crippen molar-refractivity contribution in [2.24, 2.45) is 0 Å². The highest BCUT2D eigenvalue weighted by Gasteiger charge is 2.26. The van der Waals surface area contributed by atoms with Gasteiger partial charge in [0.05, 0.1) is 19.0 Å². The van der Waals surface area contributed by atoms with Gasteiger partial charge >= 0.3 is 0 Å². The molecule has 1 unspecified atom stereocenters. The van der Waals surface area contributed by atoms with Gasteiger partial charge in [0.2, 0.25) is 5.91 Å². The van der Waals surface area contributed by atoms with E-state index in [1.165, 1.54) is 12.1 Å². The summed E-state index contributed by atoms with van der Waals surface area (Å²) < 4.78 is 18.9. The number of hydrogen-bond donors (Lipinski definition) is 1. The molecule has 0 radical (unpaired) electrons. The van der Waals surface area contributed by atoms with Crippen LogP contribution in [0, 0.1) is 5.82 Å². The Kier molecular flexibility index (Phi) is 6.06. The van der Waals surface area contributed by atoms with Crippen LogP contribution >= 0.6 is 0 Å². The Bertz CT molecular complexity index is 1090. The Hall–Kier alpha value is -3.55. The third-order valence-electron chi connectivity index (χ3n) is 5.32. The Labute approximate surface area is 180 Å². The van der Waals surface area contributed by atoms with E-state index in [0.717, 1.165) is 24.9 Å². The lowest BCUT2D eigenvalue weighted by atomic mass is 9.97. The maximum Gasteiger partial charge on any atom is 0.219 e. The van der Waals surface area contributed by atoms with Gasteiger partial charge < -0.3 is 15.0 Å². The zero-order valence-corrected chi connectivity index (χ0v) is 17.5. The topological polar surface area (TPSA) is 80.2 Å². The van der Waals surface area contributed by atoms with Crippen molar-refractivity contribution in [1.29, 1.82) is 0 Å². The molecule has 160 valence electrons. The fourth-order valence-corrected chi connectivity index (χ4v) is 3.72. The summed E-state index contributed by atoms with van der Waals surface area (Å²) in [5, 5.41) is 3.17. The number of ether oxygens (including phenoxy) is 1. The lowest BCUT2D eigenvalue weighted by molar-refractivity contribution is -0.130. The minimum atomic E-state index is -0.333. The number of carbonyl (C=O) groups is 1. The maximum absolute atomic E-state index is 13.7. The van der Waals surface area contributed by atoms with Crippen molar-refractivity contribution in [2.75, 3.05) is 25.5 Å². The Morgan fingerprint density at radius 1 is 1.23 bits per heavy atom. The first-order chi connectivity index (χ1) is 15.0. The second-order valence-corrected chi connectivity index (χ2v) is 7.55. The molecule has 3 heterocycles. The molecule has 0 bridgehead atoms. The van der Waals surface area contributed by atoms with Gasteiger partial charge in [0.15, 0.2) is 0 Å². The standard InChI is InChI=1S/C23H24FN5O2/c1-15(30)29-8-4-5-16(14-29)23-27-21(17-9-20(31-2)13-25-12-17)11-22(28-23)26-19-7-3-6-18(24)10-19/h3,6-7,9-13,16H,4-5,8,14H2,1-2H3,(H,26,27,28). The predicted octanol–water partition coefficient (Wildman–Crippen LogP) is 4.16. The van der Waals surface area contributed by atoms with Crippen molar-refractivity contribution in [2.45, 2.75) is 25.7 Å². The molecule has 4 rings (SSSR count). The van der Waals surface area contributed by atoms with Crippen molar-refractivity contribution in [3.05, 3.63) is 60.4 Å². The average molecular weight is 421 g/mol. The third kappa shape index (κ3) is 4.96. The maximum atomic E-state index is 13.7. The van der Waals surface area contributed by atoms with Gasteiger partial charge in [0.1, 0.15) is 23.2 Å². The van der Waals surface area contributed by atoms with Crippen LogP contribution in [0.15, 0.2) is 48.8 Å². The molecule has 1 N–H and O–H groups in total. The number of nitrogens with one attached hydrogen (secondary N) is 1. The smallest absolute Gasteiger partial charge is 0.219 e. The number of anilines is 2. The zero-order chi connectivity index (χ0) is 21.8.